The zero-order valence-electron chi connectivity index (χ0n) is 11.9. The predicted molar refractivity (Wildman–Crippen MR) is 91.9 cm³/mol. The molecule has 1 aromatic rings. The molecule has 0 heterocycles. The number of thioether (sulfide) groups is 1. The van der Waals surface area contributed by atoms with E-state index in [9.17, 15) is 9.59 Å². The zero-order chi connectivity index (χ0) is 14.8. The number of halogens is 2. The molecule has 7 heteroatoms. The summed E-state index contributed by atoms with van der Waals surface area (Å²) in [7, 11) is 1.88. The molecule has 21 heavy (non-hydrogen) atoms. The predicted octanol–water partition coefficient (Wildman–Crippen LogP) is 2.40. The van der Waals surface area contributed by atoms with Crippen molar-refractivity contribution >= 4 is 47.5 Å². The minimum Gasteiger partial charge on any atom is -0.355 e. The highest BCUT2D eigenvalue weighted by atomic mass is 35.5. The maximum absolute atomic E-state index is 11.8. The van der Waals surface area contributed by atoms with Crippen molar-refractivity contribution in [3.8, 4) is 0 Å². The van der Waals surface area contributed by atoms with Crippen LogP contribution in [0.1, 0.15) is 16.8 Å². The summed E-state index contributed by atoms with van der Waals surface area (Å²) in [5.74, 6) is 0.578. The molecule has 0 spiro atoms. The van der Waals surface area contributed by atoms with E-state index in [1.807, 2.05) is 7.05 Å². The lowest BCUT2D eigenvalue weighted by atomic mass is 10.1. The first kappa shape index (κ1) is 20.2. The van der Waals surface area contributed by atoms with E-state index in [0.717, 1.165) is 13.0 Å². The molecule has 118 valence electrons. The number of amides is 1. The third-order valence-electron chi connectivity index (χ3n) is 2.56. The average molecular weight is 351 g/mol. The minimum absolute atomic E-state index is 0. The van der Waals surface area contributed by atoms with E-state index in [-0.39, 0.29) is 24.1 Å². The number of rotatable bonds is 9. The van der Waals surface area contributed by atoms with Crippen LogP contribution < -0.4 is 10.6 Å². The molecule has 1 rings (SSSR count). The Kier molecular flexibility index (Phi) is 11.4. The van der Waals surface area contributed by atoms with E-state index >= 15 is 0 Å². The van der Waals surface area contributed by atoms with Crippen LogP contribution in [0.4, 0.5) is 0 Å². The van der Waals surface area contributed by atoms with Crippen molar-refractivity contribution in [3.63, 3.8) is 0 Å². The van der Waals surface area contributed by atoms with Gasteiger partial charge in [0.05, 0.1) is 11.5 Å². The summed E-state index contributed by atoms with van der Waals surface area (Å²) < 4.78 is 0. The van der Waals surface area contributed by atoms with E-state index in [4.69, 9.17) is 11.6 Å². The van der Waals surface area contributed by atoms with E-state index in [2.05, 4.69) is 10.6 Å². The normalized spacial score (nSPS) is 9.81. The summed E-state index contributed by atoms with van der Waals surface area (Å²) in [6.45, 7) is 1.54. The van der Waals surface area contributed by atoms with Crippen LogP contribution in [-0.4, -0.2) is 43.3 Å². The van der Waals surface area contributed by atoms with E-state index in [1.54, 1.807) is 24.3 Å². The van der Waals surface area contributed by atoms with Crippen molar-refractivity contribution in [1.29, 1.82) is 0 Å². The Morgan fingerprint density at radius 2 is 1.81 bits per heavy atom. The van der Waals surface area contributed by atoms with Crippen LogP contribution >= 0.6 is 35.8 Å². The molecular weight excluding hydrogens is 331 g/mol. The third-order valence-corrected chi connectivity index (χ3v) is 3.74. The molecule has 0 radical (unpaired) electrons. The highest BCUT2D eigenvalue weighted by molar-refractivity contribution is 8.00. The molecular formula is C14H20Cl2N2O2S. The molecule has 4 nitrogen and oxygen atoms in total. The molecule has 0 atom stereocenters. The fourth-order valence-electron chi connectivity index (χ4n) is 1.50. The van der Waals surface area contributed by atoms with Gasteiger partial charge in [-0.15, -0.1) is 24.2 Å². The van der Waals surface area contributed by atoms with Crippen molar-refractivity contribution in [3.05, 3.63) is 34.9 Å². The molecule has 2 N–H and O–H groups in total. The van der Waals surface area contributed by atoms with Crippen LogP contribution in [-0.2, 0) is 4.79 Å². The molecule has 0 aliphatic carbocycles. The molecule has 0 saturated heterocycles. The standard InChI is InChI=1S/C14H19ClN2O2S.ClH/c1-16-7-2-8-17-14(19)10-20-9-13(18)11-3-5-12(15)6-4-11;/h3-6,16H,2,7-10H2,1H3,(H,17,19);1H. The van der Waals surface area contributed by atoms with Gasteiger partial charge >= 0.3 is 0 Å². The van der Waals surface area contributed by atoms with Crippen molar-refractivity contribution in [2.24, 2.45) is 0 Å². The lowest BCUT2D eigenvalue weighted by molar-refractivity contribution is -0.118. The van der Waals surface area contributed by atoms with Gasteiger partial charge in [-0.1, -0.05) is 11.6 Å². The fourth-order valence-corrected chi connectivity index (χ4v) is 2.37. The van der Waals surface area contributed by atoms with E-state index in [1.165, 1.54) is 11.8 Å². The number of carbonyl (C=O) groups is 2. The van der Waals surface area contributed by atoms with Crippen molar-refractivity contribution in [2.45, 2.75) is 6.42 Å². The number of nitrogens with one attached hydrogen (secondary N) is 2. The lowest BCUT2D eigenvalue weighted by Gasteiger charge is -2.05. The summed E-state index contributed by atoms with van der Waals surface area (Å²) in [5, 5.41) is 6.43. The Morgan fingerprint density at radius 1 is 1.14 bits per heavy atom. The number of hydrogen-bond acceptors (Lipinski definition) is 4. The van der Waals surface area contributed by atoms with Crippen LogP contribution in [0.25, 0.3) is 0 Å². The number of carbonyl (C=O) groups excluding carboxylic acids is 2. The second kappa shape index (κ2) is 11.9. The first-order valence-corrected chi connectivity index (χ1v) is 7.94. The molecule has 0 aliphatic rings. The topological polar surface area (TPSA) is 58.2 Å². The highest BCUT2D eigenvalue weighted by Crippen LogP contribution is 2.12. The van der Waals surface area contributed by atoms with Gasteiger partial charge in [0.1, 0.15) is 0 Å². The van der Waals surface area contributed by atoms with Gasteiger partial charge in [-0.25, -0.2) is 0 Å². The summed E-state index contributed by atoms with van der Waals surface area (Å²) >= 11 is 7.08. The molecule has 1 aromatic carbocycles. The monoisotopic (exact) mass is 350 g/mol. The largest absolute Gasteiger partial charge is 0.355 e. The third kappa shape index (κ3) is 8.98. The van der Waals surface area contributed by atoms with Gasteiger partial charge < -0.3 is 10.6 Å². The van der Waals surface area contributed by atoms with Gasteiger partial charge in [0.15, 0.2) is 5.78 Å². The van der Waals surface area contributed by atoms with Crippen LogP contribution in [0.5, 0.6) is 0 Å². The van der Waals surface area contributed by atoms with Gasteiger partial charge in [0.25, 0.3) is 0 Å². The molecule has 0 fully saturated rings. The molecule has 0 aliphatic heterocycles. The smallest absolute Gasteiger partial charge is 0.230 e. The molecule has 0 unspecified atom stereocenters. The fraction of sp³-hybridized carbons (Fsp3) is 0.429. The quantitative estimate of drug-likeness (QED) is 0.530. The number of Topliss-reactive ketones (excluding diaryl/α,β-unsaturated/α-hetero) is 1. The van der Waals surface area contributed by atoms with Crippen LogP contribution in [0, 0.1) is 0 Å². The van der Waals surface area contributed by atoms with Gasteiger partial charge in [-0.2, -0.15) is 0 Å². The first-order valence-electron chi connectivity index (χ1n) is 6.41. The van der Waals surface area contributed by atoms with E-state index < -0.39 is 0 Å². The van der Waals surface area contributed by atoms with Crippen molar-refractivity contribution < 1.29 is 9.59 Å². The van der Waals surface area contributed by atoms with E-state index in [0.29, 0.717) is 28.6 Å². The zero-order valence-corrected chi connectivity index (χ0v) is 14.2. The maximum atomic E-state index is 11.8. The summed E-state index contributed by atoms with van der Waals surface area (Å²) in [5.41, 5.74) is 0.622. The van der Waals surface area contributed by atoms with Crippen molar-refractivity contribution in [1.82, 2.24) is 10.6 Å². The van der Waals surface area contributed by atoms with Gasteiger partial charge in [0.2, 0.25) is 5.91 Å². The Bertz CT molecular complexity index is 441. The maximum Gasteiger partial charge on any atom is 0.230 e. The Hall–Kier alpha value is -0.750. The Labute approximate surface area is 140 Å². The van der Waals surface area contributed by atoms with Crippen LogP contribution in [0.3, 0.4) is 0 Å². The highest BCUT2D eigenvalue weighted by Gasteiger charge is 2.07. The second-order valence-corrected chi connectivity index (χ2v) is 5.65. The summed E-state index contributed by atoms with van der Waals surface area (Å²) in [6, 6.07) is 6.77. The molecule has 0 bridgehead atoms. The first-order chi connectivity index (χ1) is 9.63. The molecule has 0 aromatic heterocycles. The molecule has 1 amide bonds. The van der Waals surface area contributed by atoms with Gasteiger partial charge in [0, 0.05) is 17.1 Å². The number of benzene rings is 1. The van der Waals surface area contributed by atoms with Gasteiger partial charge in [-0.05, 0) is 44.3 Å². The van der Waals surface area contributed by atoms with Crippen LogP contribution in [0.15, 0.2) is 24.3 Å². The number of hydrogen-bond donors (Lipinski definition) is 2. The summed E-state index contributed by atoms with van der Waals surface area (Å²) in [4.78, 5) is 23.3. The summed E-state index contributed by atoms with van der Waals surface area (Å²) in [6.07, 6.45) is 0.899. The second-order valence-electron chi connectivity index (χ2n) is 4.23. The number of ketones is 1. The van der Waals surface area contributed by atoms with Crippen LogP contribution in [0.2, 0.25) is 5.02 Å². The Morgan fingerprint density at radius 3 is 2.43 bits per heavy atom. The lowest BCUT2D eigenvalue weighted by Crippen LogP contribution is -2.28. The Balaban J connectivity index is 0.00000400. The van der Waals surface area contributed by atoms with Gasteiger partial charge in [-0.3, -0.25) is 9.59 Å². The molecule has 0 saturated carbocycles. The average Bonchev–Trinajstić information content (AvgIpc) is 2.44. The van der Waals surface area contributed by atoms with Crippen molar-refractivity contribution in [2.75, 3.05) is 31.6 Å². The minimum atomic E-state index is -0.0324. The SMILES string of the molecule is CNCCCNC(=O)CSCC(=O)c1ccc(Cl)cc1.Cl.